The van der Waals surface area contributed by atoms with E-state index in [1.165, 1.54) is 5.56 Å². The zero-order chi connectivity index (χ0) is 18.1. The summed E-state index contributed by atoms with van der Waals surface area (Å²) < 4.78 is 5.44. The molecule has 0 aliphatic carbocycles. The van der Waals surface area contributed by atoms with Crippen LogP contribution in [-0.2, 0) is 10.2 Å². The summed E-state index contributed by atoms with van der Waals surface area (Å²) in [4.78, 5) is 26.8. The summed E-state index contributed by atoms with van der Waals surface area (Å²) in [6, 6.07) is 7.32. The third-order valence-electron chi connectivity index (χ3n) is 4.22. The van der Waals surface area contributed by atoms with Gasteiger partial charge >= 0.3 is 6.09 Å². The average molecular weight is 331 g/mol. The molecule has 132 valence electrons. The summed E-state index contributed by atoms with van der Waals surface area (Å²) in [5.41, 5.74) is 1.34. The summed E-state index contributed by atoms with van der Waals surface area (Å²) in [6.07, 6.45) is 1.12. The minimum atomic E-state index is -0.554. The predicted octanol–water partition coefficient (Wildman–Crippen LogP) is 4.57. The summed E-state index contributed by atoms with van der Waals surface area (Å²) >= 11 is 0. The Balaban J connectivity index is 2.14. The molecule has 1 aliphatic heterocycles. The van der Waals surface area contributed by atoms with Gasteiger partial charge in [0.15, 0.2) is 5.78 Å². The second kappa shape index (κ2) is 6.58. The predicted molar refractivity (Wildman–Crippen MR) is 95.4 cm³/mol. The van der Waals surface area contributed by atoms with Crippen LogP contribution in [0.1, 0.15) is 70.3 Å². The summed E-state index contributed by atoms with van der Waals surface area (Å²) in [7, 11) is 0. The van der Waals surface area contributed by atoms with Crippen LogP contribution in [0.15, 0.2) is 24.3 Å². The van der Waals surface area contributed by atoms with Gasteiger partial charge < -0.3 is 4.74 Å². The molecule has 24 heavy (non-hydrogen) atoms. The van der Waals surface area contributed by atoms with Crippen LogP contribution in [0.25, 0.3) is 0 Å². The first kappa shape index (κ1) is 18.5. The number of ketones is 1. The number of nitrogens with zero attached hydrogens (tertiary/aromatic N) is 1. The molecule has 0 unspecified atom stereocenters. The minimum absolute atomic E-state index is 0.00109. The lowest BCUT2D eigenvalue weighted by atomic mass is 9.86. The fraction of sp³-hybridized carbons (Fsp3) is 0.600. The van der Waals surface area contributed by atoms with Gasteiger partial charge in [0.2, 0.25) is 0 Å². The van der Waals surface area contributed by atoms with E-state index in [4.69, 9.17) is 4.74 Å². The van der Waals surface area contributed by atoms with Gasteiger partial charge in [-0.3, -0.25) is 9.69 Å². The van der Waals surface area contributed by atoms with Crippen LogP contribution in [0.3, 0.4) is 0 Å². The maximum atomic E-state index is 12.8. The van der Waals surface area contributed by atoms with Crippen molar-refractivity contribution in [1.82, 2.24) is 4.90 Å². The maximum Gasteiger partial charge on any atom is 0.410 e. The number of carbonyl (C=O) groups is 2. The van der Waals surface area contributed by atoms with Crippen molar-refractivity contribution in [3.05, 3.63) is 35.4 Å². The van der Waals surface area contributed by atoms with Gasteiger partial charge in [-0.15, -0.1) is 0 Å². The van der Waals surface area contributed by atoms with E-state index in [9.17, 15) is 9.59 Å². The van der Waals surface area contributed by atoms with Gasteiger partial charge in [0, 0.05) is 12.1 Å². The molecule has 0 spiro atoms. The SMILES string of the molecule is CC(C)(C)OC(=O)N1CCC[C@H]1C(=O)c1ccc(C(C)(C)C)cc1. The van der Waals surface area contributed by atoms with Crippen LogP contribution < -0.4 is 0 Å². The molecule has 0 N–H and O–H groups in total. The quantitative estimate of drug-likeness (QED) is 0.746. The van der Waals surface area contributed by atoms with Crippen LogP contribution in [0.2, 0.25) is 0 Å². The highest BCUT2D eigenvalue weighted by Gasteiger charge is 2.36. The van der Waals surface area contributed by atoms with Gasteiger partial charge in [-0.2, -0.15) is 0 Å². The molecule has 4 heteroatoms. The first-order valence-corrected chi connectivity index (χ1v) is 8.63. The smallest absolute Gasteiger partial charge is 0.410 e. The Morgan fingerprint density at radius 2 is 1.62 bits per heavy atom. The Morgan fingerprint density at radius 3 is 2.12 bits per heavy atom. The molecule has 0 aromatic heterocycles. The first-order valence-electron chi connectivity index (χ1n) is 8.63. The minimum Gasteiger partial charge on any atom is -0.444 e. The Kier molecular flexibility index (Phi) is 5.07. The van der Waals surface area contributed by atoms with Gasteiger partial charge in [-0.25, -0.2) is 4.79 Å². The van der Waals surface area contributed by atoms with E-state index < -0.39 is 17.7 Å². The number of likely N-dealkylation sites (tertiary alicyclic amines) is 1. The largest absolute Gasteiger partial charge is 0.444 e. The molecule has 0 radical (unpaired) electrons. The van der Waals surface area contributed by atoms with E-state index in [0.717, 1.165) is 6.42 Å². The molecular weight excluding hydrogens is 302 g/mol. The second-order valence-electron chi connectivity index (χ2n) is 8.52. The van der Waals surface area contributed by atoms with Crippen molar-refractivity contribution in [2.24, 2.45) is 0 Å². The van der Waals surface area contributed by atoms with Crippen LogP contribution in [0, 0.1) is 0 Å². The third-order valence-corrected chi connectivity index (χ3v) is 4.22. The fourth-order valence-electron chi connectivity index (χ4n) is 2.91. The molecule has 0 saturated carbocycles. The molecule has 2 rings (SSSR count). The van der Waals surface area contributed by atoms with E-state index in [-0.39, 0.29) is 11.2 Å². The van der Waals surface area contributed by atoms with Crippen molar-refractivity contribution in [3.63, 3.8) is 0 Å². The van der Waals surface area contributed by atoms with Crippen molar-refractivity contribution < 1.29 is 14.3 Å². The zero-order valence-electron chi connectivity index (χ0n) is 15.7. The number of amides is 1. The topological polar surface area (TPSA) is 46.6 Å². The molecule has 1 aliphatic rings. The van der Waals surface area contributed by atoms with E-state index in [2.05, 4.69) is 20.8 Å². The molecule has 4 nitrogen and oxygen atoms in total. The van der Waals surface area contributed by atoms with E-state index in [0.29, 0.717) is 18.5 Å². The Labute approximate surface area is 145 Å². The maximum absolute atomic E-state index is 12.8. The van der Waals surface area contributed by atoms with Crippen molar-refractivity contribution in [2.75, 3.05) is 6.54 Å². The molecule has 1 fully saturated rings. The Morgan fingerprint density at radius 1 is 1.04 bits per heavy atom. The van der Waals surface area contributed by atoms with Crippen molar-refractivity contribution in [2.45, 2.75) is 71.4 Å². The van der Waals surface area contributed by atoms with Crippen LogP contribution >= 0.6 is 0 Å². The monoisotopic (exact) mass is 331 g/mol. The van der Waals surface area contributed by atoms with Crippen LogP contribution in [0.4, 0.5) is 4.79 Å². The first-order chi connectivity index (χ1) is 11.0. The average Bonchev–Trinajstić information content (AvgIpc) is 2.93. The number of carbonyl (C=O) groups excluding carboxylic acids is 2. The molecule has 1 aromatic rings. The number of Topliss-reactive ketones (excluding diaryl/α,β-unsaturated/α-hetero) is 1. The summed E-state index contributed by atoms with van der Waals surface area (Å²) in [5, 5.41) is 0. The molecule has 0 bridgehead atoms. The third kappa shape index (κ3) is 4.37. The van der Waals surface area contributed by atoms with Gasteiger partial charge in [0.25, 0.3) is 0 Å². The molecular formula is C20H29NO3. The lowest BCUT2D eigenvalue weighted by Gasteiger charge is -2.28. The van der Waals surface area contributed by atoms with Crippen molar-refractivity contribution in [1.29, 1.82) is 0 Å². The Bertz CT molecular complexity index is 605. The zero-order valence-corrected chi connectivity index (χ0v) is 15.7. The van der Waals surface area contributed by atoms with Crippen LogP contribution in [0.5, 0.6) is 0 Å². The number of benzene rings is 1. The molecule has 1 amide bonds. The highest BCUT2D eigenvalue weighted by molar-refractivity contribution is 6.01. The van der Waals surface area contributed by atoms with E-state index in [1.54, 1.807) is 4.90 Å². The molecule has 1 atom stereocenters. The fourth-order valence-corrected chi connectivity index (χ4v) is 2.91. The lowest BCUT2D eigenvalue weighted by molar-refractivity contribution is 0.0222. The summed E-state index contributed by atoms with van der Waals surface area (Å²) in [6.45, 7) is 12.5. The summed E-state index contributed by atoms with van der Waals surface area (Å²) in [5.74, 6) is -0.00109. The van der Waals surface area contributed by atoms with Crippen molar-refractivity contribution in [3.8, 4) is 0 Å². The van der Waals surface area contributed by atoms with E-state index >= 15 is 0 Å². The normalized spacial score (nSPS) is 18.6. The van der Waals surface area contributed by atoms with Gasteiger partial charge in [0.05, 0.1) is 6.04 Å². The van der Waals surface area contributed by atoms with Crippen molar-refractivity contribution >= 4 is 11.9 Å². The highest BCUT2D eigenvalue weighted by Crippen LogP contribution is 2.26. The number of rotatable bonds is 2. The van der Waals surface area contributed by atoms with Gasteiger partial charge in [-0.05, 0) is 44.6 Å². The molecule has 1 heterocycles. The molecule has 1 aromatic carbocycles. The van der Waals surface area contributed by atoms with Gasteiger partial charge in [0.1, 0.15) is 5.60 Å². The lowest BCUT2D eigenvalue weighted by Crippen LogP contribution is -2.43. The van der Waals surface area contributed by atoms with Crippen LogP contribution in [-0.4, -0.2) is 35.0 Å². The number of ether oxygens (including phenoxy) is 1. The molecule has 1 saturated heterocycles. The second-order valence-corrected chi connectivity index (χ2v) is 8.52. The van der Waals surface area contributed by atoms with E-state index in [1.807, 2.05) is 45.0 Å². The Hall–Kier alpha value is -1.84. The number of hydrogen-bond donors (Lipinski definition) is 0. The number of hydrogen-bond acceptors (Lipinski definition) is 3. The standard InChI is InChI=1S/C20H29NO3/c1-19(2,3)15-11-9-14(10-12-15)17(22)16-8-7-13-21(16)18(23)24-20(4,5)6/h9-12,16H,7-8,13H2,1-6H3/t16-/m0/s1. The highest BCUT2D eigenvalue weighted by atomic mass is 16.6. The van der Waals surface area contributed by atoms with Gasteiger partial charge in [-0.1, -0.05) is 45.0 Å².